The molecular formula is C17H16O3. The van der Waals surface area contributed by atoms with Gasteiger partial charge < -0.3 is 9.47 Å². The molecule has 0 saturated heterocycles. The number of aryl methyl sites for hydroxylation is 1. The average Bonchev–Trinajstić information content (AvgIpc) is 2.54. The molecule has 3 rings (SSSR count). The number of carbonyl (C=O) groups is 1. The van der Waals surface area contributed by atoms with Crippen molar-refractivity contribution in [2.24, 2.45) is 0 Å². The quantitative estimate of drug-likeness (QED) is 0.801. The topological polar surface area (TPSA) is 35.5 Å². The lowest BCUT2D eigenvalue weighted by Crippen LogP contribution is -2.31. The van der Waals surface area contributed by atoms with Crippen LogP contribution in [0.1, 0.15) is 22.3 Å². The summed E-state index contributed by atoms with van der Waals surface area (Å²) in [4.78, 5) is 12.4. The predicted molar refractivity (Wildman–Crippen MR) is 76.5 cm³/mol. The van der Waals surface area contributed by atoms with Gasteiger partial charge in [0.25, 0.3) is 0 Å². The second-order valence-corrected chi connectivity index (χ2v) is 4.82. The Balaban J connectivity index is 1.87. The van der Waals surface area contributed by atoms with E-state index in [4.69, 9.17) is 9.47 Å². The summed E-state index contributed by atoms with van der Waals surface area (Å²) in [6, 6.07) is 15.1. The molecule has 0 N–H and O–H groups in total. The zero-order chi connectivity index (χ0) is 13.9. The molecule has 1 aliphatic heterocycles. The van der Waals surface area contributed by atoms with Crippen LogP contribution >= 0.6 is 0 Å². The van der Waals surface area contributed by atoms with Gasteiger partial charge >= 0.3 is 0 Å². The first-order valence-electron chi connectivity index (χ1n) is 6.71. The smallest absolute Gasteiger partial charge is 0.203 e. The summed E-state index contributed by atoms with van der Waals surface area (Å²) >= 11 is 0. The Morgan fingerprint density at radius 2 is 1.95 bits per heavy atom. The lowest BCUT2D eigenvalue weighted by atomic mass is 9.96. The number of carbonyl (C=O) groups excluding carboxylic acids is 1. The summed E-state index contributed by atoms with van der Waals surface area (Å²) in [6.45, 7) is 0. The minimum absolute atomic E-state index is 0.0298. The second kappa shape index (κ2) is 5.37. The minimum Gasteiger partial charge on any atom is -0.493 e. The Kier molecular flexibility index (Phi) is 3.42. The van der Waals surface area contributed by atoms with Crippen LogP contribution < -0.4 is 9.47 Å². The van der Waals surface area contributed by atoms with Crippen LogP contribution in [0.2, 0.25) is 0 Å². The Morgan fingerprint density at radius 1 is 1.15 bits per heavy atom. The fourth-order valence-corrected chi connectivity index (χ4v) is 2.51. The summed E-state index contributed by atoms with van der Waals surface area (Å²) in [7, 11) is 1.61. The molecule has 102 valence electrons. The molecule has 1 unspecified atom stereocenters. The molecule has 1 atom stereocenters. The van der Waals surface area contributed by atoms with E-state index >= 15 is 0 Å². The van der Waals surface area contributed by atoms with Crippen molar-refractivity contribution in [3.05, 3.63) is 59.7 Å². The maximum absolute atomic E-state index is 12.4. The highest BCUT2D eigenvalue weighted by Gasteiger charge is 2.28. The summed E-state index contributed by atoms with van der Waals surface area (Å²) in [5.41, 5.74) is 1.79. The van der Waals surface area contributed by atoms with E-state index in [1.54, 1.807) is 7.11 Å². The lowest BCUT2D eigenvalue weighted by Gasteiger charge is -2.26. The van der Waals surface area contributed by atoms with Gasteiger partial charge in [-0.2, -0.15) is 0 Å². The highest BCUT2D eigenvalue weighted by atomic mass is 16.5. The number of hydrogen-bond acceptors (Lipinski definition) is 3. The molecule has 0 bridgehead atoms. The Labute approximate surface area is 118 Å². The second-order valence-electron chi connectivity index (χ2n) is 4.82. The van der Waals surface area contributed by atoms with Gasteiger partial charge in [0.05, 0.1) is 7.11 Å². The van der Waals surface area contributed by atoms with E-state index in [1.807, 2.05) is 48.5 Å². The number of rotatable bonds is 3. The number of methoxy groups -OCH3 is 1. The van der Waals surface area contributed by atoms with Gasteiger partial charge in [-0.1, -0.05) is 42.5 Å². The van der Waals surface area contributed by atoms with Crippen LogP contribution in [0.4, 0.5) is 0 Å². The van der Waals surface area contributed by atoms with Crippen LogP contribution in [0.15, 0.2) is 48.5 Å². The van der Waals surface area contributed by atoms with Gasteiger partial charge in [-0.3, -0.25) is 4.79 Å². The maximum Gasteiger partial charge on any atom is 0.203 e. The molecule has 1 heterocycles. The molecule has 0 amide bonds. The third-order valence-corrected chi connectivity index (χ3v) is 3.57. The first kappa shape index (κ1) is 12.7. The number of para-hydroxylation sites is 1. The van der Waals surface area contributed by atoms with Crippen LogP contribution in [0.25, 0.3) is 0 Å². The monoisotopic (exact) mass is 268 g/mol. The highest BCUT2D eigenvalue weighted by Crippen LogP contribution is 2.37. The van der Waals surface area contributed by atoms with Crippen LogP contribution in [-0.4, -0.2) is 19.0 Å². The minimum atomic E-state index is -0.429. The summed E-state index contributed by atoms with van der Waals surface area (Å²) < 4.78 is 11.2. The number of hydrogen-bond donors (Lipinski definition) is 0. The Bertz CT molecular complexity index is 605. The van der Waals surface area contributed by atoms with E-state index in [0.717, 1.165) is 12.0 Å². The number of fused-ring (bicyclic) bond motifs is 1. The molecule has 0 radical (unpaired) electrons. The molecule has 0 fully saturated rings. The van der Waals surface area contributed by atoms with Gasteiger partial charge in [0, 0.05) is 5.56 Å². The predicted octanol–water partition coefficient (Wildman–Crippen LogP) is 3.27. The lowest BCUT2D eigenvalue weighted by molar-refractivity contribution is 0.0750. The number of Topliss-reactive ketones (excluding diaryl/α,β-unsaturated/α-hetero) is 1. The van der Waals surface area contributed by atoms with E-state index < -0.39 is 6.10 Å². The molecule has 2 aromatic carbocycles. The number of benzene rings is 2. The largest absolute Gasteiger partial charge is 0.493 e. The van der Waals surface area contributed by atoms with Crippen molar-refractivity contribution in [1.82, 2.24) is 0 Å². The standard InChI is InChI=1S/C17H16O3/c1-19-15-9-5-8-13-10-11-14(20-17(13)15)16(18)12-6-3-2-4-7-12/h2-9,14H,10-11H2,1H3. The van der Waals surface area contributed by atoms with E-state index in [0.29, 0.717) is 23.5 Å². The molecule has 20 heavy (non-hydrogen) atoms. The third kappa shape index (κ3) is 2.27. The number of ketones is 1. The van der Waals surface area contributed by atoms with Gasteiger partial charge in [0.15, 0.2) is 17.6 Å². The van der Waals surface area contributed by atoms with Crippen molar-refractivity contribution in [2.45, 2.75) is 18.9 Å². The summed E-state index contributed by atoms with van der Waals surface area (Å²) in [5.74, 6) is 1.42. The molecule has 0 saturated carbocycles. The highest BCUT2D eigenvalue weighted by molar-refractivity contribution is 5.99. The van der Waals surface area contributed by atoms with Gasteiger partial charge in [-0.25, -0.2) is 0 Å². The van der Waals surface area contributed by atoms with Crippen LogP contribution in [0, 0.1) is 0 Å². The molecular weight excluding hydrogens is 252 g/mol. The van der Waals surface area contributed by atoms with Crippen molar-refractivity contribution >= 4 is 5.78 Å². The van der Waals surface area contributed by atoms with Crippen LogP contribution in [0.3, 0.4) is 0 Å². The van der Waals surface area contributed by atoms with Gasteiger partial charge in [0.1, 0.15) is 0 Å². The van der Waals surface area contributed by atoms with Gasteiger partial charge in [0.2, 0.25) is 5.78 Å². The van der Waals surface area contributed by atoms with Crippen molar-refractivity contribution in [2.75, 3.05) is 7.11 Å². The zero-order valence-corrected chi connectivity index (χ0v) is 11.3. The van der Waals surface area contributed by atoms with Gasteiger partial charge in [-0.05, 0) is 24.5 Å². The summed E-state index contributed by atoms with van der Waals surface area (Å²) in [6.07, 6.45) is 1.10. The third-order valence-electron chi connectivity index (χ3n) is 3.57. The van der Waals surface area contributed by atoms with Crippen molar-refractivity contribution in [3.63, 3.8) is 0 Å². The van der Waals surface area contributed by atoms with Crippen LogP contribution in [-0.2, 0) is 6.42 Å². The Morgan fingerprint density at radius 3 is 2.70 bits per heavy atom. The summed E-state index contributed by atoms with van der Waals surface area (Å²) in [5, 5.41) is 0. The first-order valence-corrected chi connectivity index (χ1v) is 6.71. The van der Waals surface area contributed by atoms with E-state index in [9.17, 15) is 4.79 Å². The molecule has 2 aromatic rings. The molecule has 1 aliphatic rings. The van der Waals surface area contributed by atoms with Gasteiger partial charge in [-0.15, -0.1) is 0 Å². The SMILES string of the molecule is COc1cccc2c1OC(C(=O)c1ccccc1)CC2. The van der Waals surface area contributed by atoms with E-state index in [1.165, 1.54) is 0 Å². The maximum atomic E-state index is 12.4. The van der Waals surface area contributed by atoms with Crippen LogP contribution in [0.5, 0.6) is 11.5 Å². The molecule has 0 aromatic heterocycles. The van der Waals surface area contributed by atoms with Crippen molar-refractivity contribution in [3.8, 4) is 11.5 Å². The fraction of sp³-hybridized carbons (Fsp3) is 0.235. The van der Waals surface area contributed by atoms with Crippen molar-refractivity contribution < 1.29 is 14.3 Å². The normalized spacial score (nSPS) is 16.9. The van der Waals surface area contributed by atoms with Crippen molar-refractivity contribution in [1.29, 1.82) is 0 Å². The molecule has 0 spiro atoms. The van der Waals surface area contributed by atoms with E-state index in [2.05, 4.69) is 0 Å². The zero-order valence-electron chi connectivity index (χ0n) is 11.3. The average molecular weight is 268 g/mol. The Hall–Kier alpha value is -2.29. The molecule has 0 aliphatic carbocycles. The molecule has 3 nitrogen and oxygen atoms in total. The number of ether oxygens (including phenoxy) is 2. The molecule has 3 heteroatoms. The first-order chi connectivity index (χ1) is 9.79. The fourth-order valence-electron chi connectivity index (χ4n) is 2.51. The van der Waals surface area contributed by atoms with E-state index in [-0.39, 0.29) is 5.78 Å².